The largest absolute Gasteiger partial charge is 0.353 e. The number of nitrogens with zero attached hydrogens (tertiary/aromatic N) is 6. The van der Waals surface area contributed by atoms with E-state index in [9.17, 15) is 0 Å². The van der Waals surface area contributed by atoms with E-state index in [0.29, 0.717) is 0 Å². The number of nitrogens with one attached hydrogen (secondary N) is 2. The molecule has 0 spiro atoms. The molecule has 0 saturated carbocycles. The molecule has 6 aromatic rings. The molecule has 0 amide bonds. The zero-order valence-corrected chi connectivity index (χ0v) is 19.6. The Hall–Kier alpha value is -4.43. The number of aromatic nitrogens is 7. The lowest BCUT2D eigenvalue weighted by molar-refractivity contribution is 0.331. The van der Waals surface area contributed by atoms with Crippen LogP contribution < -0.4 is 0 Å². The maximum atomic E-state index is 5.01. The maximum absolute atomic E-state index is 5.01. The summed E-state index contributed by atoms with van der Waals surface area (Å²) in [5, 5.41) is 8.78. The van der Waals surface area contributed by atoms with E-state index in [1.807, 2.05) is 48.9 Å². The first-order valence-electron chi connectivity index (χ1n) is 12.2. The highest BCUT2D eigenvalue weighted by Gasteiger charge is 2.17. The van der Waals surface area contributed by atoms with Crippen LogP contribution >= 0.6 is 0 Å². The van der Waals surface area contributed by atoms with Gasteiger partial charge in [0, 0.05) is 59.6 Å². The van der Waals surface area contributed by atoms with Crippen LogP contribution in [0.4, 0.5) is 0 Å². The van der Waals surface area contributed by atoms with Gasteiger partial charge in [0.15, 0.2) is 0 Å². The van der Waals surface area contributed by atoms with Gasteiger partial charge in [0.2, 0.25) is 0 Å². The second-order valence-corrected chi connectivity index (χ2v) is 9.27. The molecule has 0 atom stereocenters. The minimum absolute atomic E-state index is 0.782. The average molecular weight is 473 g/mol. The standard InChI is InChI=1S/C28H24N8/c1-2-12-36(11-1)17-18-13-20(16-30-15-18)22-3-4-24-27(33-22)28(35-34-24)25-14-21-23(32-25)7-10-31-26(21)19-5-8-29-9-6-19/h3-10,13-16,32H,1-2,11-12,17H2,(H,34,35). The molecule has 0 aliphatic carbocycles. The maximum Gasteiger partial charge on any atom is 0.135 e. The number of hydrogen-bond acceptors (Lipinski definition) is 6. The first-order valence-corrected chi connectivity index (χ1v) is 12.2. The Labute approximate surface area is 207 Å². The Morgan fingerprint density at radius 2 is 1.69 bits per heavy atom. The highest BCUT2D eigenvalue weighted by Crippen LogP contribution is 2.33. The fraction of sp³-hybridized carbons (Fsp3) is 0.179. The van der Waals surface area contributed by atoms with Gasteiger partial charge in [-0.2, -0.15) is 5.10 Å². The van der Waals surface area contributed by atoms with E-state index in [1.165, 1.54) is 18.4 Å². The number of H-pyrrole nitrogens is 2. The van der Waals surface area contributed by atoms with Crippen LogP contribution in [0.1, 0.15) is 18.4 Å². The molecule has 1 aliphatic heterocycles. The van der Waals surface area contributed by atoms with E-state index in [0.717, 1.165) is 75.5 Å². The first kappa shape index (κ1) is 20.9. The Bertz CT molecular complexity index is 1680. The summed E-state index contributed by atoms with van der Waals surface area (Å²) in [6.07, 6.45) is 11.8. The van der Waals surface area contributed by atoms with Crippen molar-refractivity contribution in [1.82, 2.24) is 40.0 Å². The van der Waals surface area contributed by atoms with Crippen LogP contribution in [0.3, 0.4) is 0 Å². The van der Waals surface area contributed by atoms with Gasteiger partial charge >= 0.3 is 0 Å². The third-order valence-corrected chi connectivity index (χ3v) is 6.86. The molecule has 36 heavy (non-hydrogen) atoms. The molecule has 1 aliphatic rings. The van der Waals surface area contributed by atoms with Crippen molar-refractivity contribution >= 4 is 21.9 Å². The van der Waals surface area contributed by atoms with Gasteiger partial charge in [-0.3, -0.25) is 25.0 Å². The number of aromatic amines is 2. The lowest BCUT2D eigenvalue weighted by Crippen LogP contribution is -2.18. The number of likely N-dealkylation sites (tertiary alicyclic amines) is 1. The van der Waals surface area contributed by atoms with Gasteiger partial charge in [0.25, 0.3) is 0 Å². The predicted molar refractivity (Wildman–Crippen MR) is 140 cm³/mol. The molecule has 0 bridgehead atoms. The summed E-state index contributed by atoms with van der Waals surface area (Å²) >= 11 is 0. The SMILES string of the molecule is c1cc(-c2nccc3[nH]c(-c4n[nH]c5ccc(-c6cncc(CN7CCCC7)c6)nc45)cc23)ccn1. The molecule has 0 aromatic carbocycles. The molecule has 0 unspecified atom stereocenters. The summed E-state index contributed by atoms with van der Waals surface area (Å²) in [6, 6.07) is 14.3. The van der Waals surface area contributed by atoms with Crippen molar-refractivity contribution in [3.05, 3.63) is 79.0 Å². The van der Waals surface area contributed by atoms with E-state index < -0.39 is 0 Å². The van der Waals surface area contributed by atoms with Gasteiger partial charge in [0.1, 0.15) is 11.2 Å². The molecule has 6 aromatic heterocycles. The van der Waals surface area contributed by atoms with Crippen molar-refractivity contribution in [2.45, 2.75) is 19.4 Å². The second-order valence-electron chi connectivity index (χ2n) is 9.27. The molecule has 176 valence electrons. The Kier molecular flexibility index (Phi) is 5.03. The normalized spacial score (nSPS) is 14.2. The van der Waals surface area contributed by atoms with Gasteiger partial charge in [-0.05, 0) is 74.0 Å². The first-order chi connectivity index (χ1) is 17.8. The molecule has 2 N–H and O–H groups in total. The van der Waals surface area contributed by atoms with Crippen molar-refractivity contribution < 1.29 is 0 Å². The third kappa shape index (κ3) is 3.72. The van der Waals surface area contributed by atoms with Crippen LogP contribution in [-0.4, -0.2) is 53.1 Å². The fourth-order valence-corrected chi connectivity index (χ4v) is 5.08. The zero-order chi connectivity index (χ0) is 23.9. The van der Waals surface area contributed by atoms with E-state index in [1.54, 1.807) is 12.4 Å². The topological polar surface area (TPSA) is 99.3 Å². The molecule has 8 heteroatoms. The van der Waals surface area contributed by atoms with E-state index in [4.69, 9.17) is 4.98 Å². The average Bonchev–Trinajstić information content (AvgIpc) is 3.68. The number of pyridine rings is 4. The van der Waals surface area contributed by atoms with Crippen LogP contribution in [0.2, 0.25) is 0 Å². The monoisotopic (exact) mass is 472 g/mol. The van der Waals surface area contributed by atoms with Crippen LogP contribution in [-0.2, 0) is 6.54 Å². The number of rotatable bonds is 5. The quantitative estimate of drug-likeness (QED) is 0.357. The molecule has 7 heterocycles. The number of fused-ring (bicyclic) bond motifs is 2. The Morgan fingerprint density at radius 1 is 0.806 bits per heavy atom. The lowest BCUT2D eigenvalue weighted by atomic mass is 10.1. The molecular weight excluding hydrogens is 448 g/mol. The van der Waals surface area contributed by atoms with Crippen molar-refractivity contribution in [2.24, 2.45) is 0 Å². The van der Waals surface area contributed by atoms with Crippen LogP contribution in [0.5, 0.6) is 0 Å². The van der Waals surface area contributed by atoms with Gasteiger partial charge in [-0.15, -0.1) is 0 Å². The molecule has 1 saturated heterocycles. The minimum atomic E-state index is 0.782. The van der Waals surface area contributed by atoms with Crippen molar-refractivity contribution in [2.75, 3.05) is 13.1 Å². The molecular formula is C28H24N8. The third-order valence-electron chi connectivity index (χ3n) is 6.86. The second kappa shape index (κ2) is 8.66. The predicted octanol–water partition coefficient (Wildman–Crippen LogP) is 5.22. The zero-order valence-electron chi connectivity index (χ0n) is 19.6. The van der Waals surface area contributed by atoms with Gasteiger partial charge in [-0.1, -0.05) is 0 Å². The Balaban J connectivity index is 1.28. The molecule has 0 radical (unpaired) electrons. The van der Waals surface area contributed by atoms with Crippen LogP contribution in [0.15, 0.2) is 73.4 Å². The van der Waals surface area contributed by atoms with Crippen molar-refractivity contribution in [3.8, 4) is 33.9 Å². The summed E-state index contributed by atoms with van der Waals surface area (Å²) in [5.41, 5.74) is 9.44. The van der Waals surface area contributed by atoms with Gasteiger partial charge < -0.3 is 4.98 Å². The summed E-state index contributed by atoms with van der Waals surface area (Å²) in [6.45, 7) is 3.26. The van der Waals surface area contributed by atoms with Gasteiger partial charge in [-0.25, -0.2) is 4.98 Å². The molecule has 1 fully saturated rings. The Morgan fingerprint density at radius 3 is 2.58 bits per heavy atom. The minimum Gasteiger partial charge on any atom is -0.353 e. The summed E-state index contributed by atoms with van der Waals surface area (Å²) in [5.74, 6) is 0. The van der Waals surface area contributed by atoms with Crippen molar-refractivity contribution in [3.63, 3.8) is 0 Å². The van der Waals surface area contributed by atoms with E-state index in [2.05, 4.69) is 47.2 Å². The highest BCUT2D eigenvalue weighted by molar-refractivity contribution is 5.99. The number of hydrogen-bond donors (Lipinski definition) is 2. The van der Waals surface area contributed by atoms with Gasteiger partial charge in [0.05, 0.1) is 22.6 Å². The lowest BCUT2D eigenvalue weighted by Gasteiger charge is -2.14. The smallest absolute Gasteiger partial charge is 0.135 e. The van der Waals surface area contributed by atoms with Crippen LogP contribution in [0, 0.1) is 0 Å². The summed E-state index contributed by atoms with van der Waals surface area (Å²) in [7, 11) is 0. The van der Waals surface area contributed by atoms with Crippen LogP contribution in [0.25, 0.3) is 55.8 Å². The molecule has 7 rings (SSSR count). The van der Waals surface area contributed by atoms with E-state index >= 15 is 0 Å². The summed E-state index contributed by atoms with van der Waals surface area (Å²) < 4.78 is 0. The fourth-order valence-electron chi connectivity index (χ4n) is 5.08. The highest BCUT2D eigenvalue weighted by atomic mass is 15.1. The van der Waals surface area contributed by atoms with Crippen molar-refractivity contribution in [1.29, 1.82) is 0 Å². The molecule has 8 nitrogen and oxygen atoms in total. The summed E-state index contributed by atoms with van der Waals surface area (Å²) in [4.78, 5) is 24.3. The van der Waals surface area contributed by atoms with E-state index in [-0.39, 0.29) is 0 Å².